The Labute approximate surface area is 77.3 Å². The van der Waals surface area contributed by atoms with Crippen LogP contribution in [0.5, 0.6) is 0 Å². The Morgan fingerprint density at radius 1 is 1.67 bits per heavy atom. The standard InChI is InChI=1S/C9H15NOS/c1-3-8(7(2)11)4-9-5-12-6-10-9/h5-8,11H,3-4H2,1-2H3. The van der Waals surface area contributed by atoms with Gasteiger partial charge in [-0.2, -0.15) is 0 Å². The molecular weight excluding hydrogens is 170 g/mol. The average molecular weight is 185 g/mol. The molecule has 0 aliphatic heterocycles. The second-order valence-corrected chi connectivity index (χ2v) is 3.81. The largest absolute Gasteiger partial charge is 0.393 e. The van der Waals surface area contributed by atoms with Gasteiger partial charge >= 0.3 is 0 Å². The first-order valence-electron chi connectivity index (χ1n) is 4.29. The number of rotatable bonds is 4. The summed E-state index contributed by atoms with van der Waals surface area (Å²) in [6, 6.07) is 0. The van der Waals surface area contributed by atoms with Crippen LogP contribution in [0.15, 0.2) is 10.9 Å². The maximum Gasteiger partial charge on any atom is 0.0794 e. The third-order valence-electron chi connectivity index (χ3n) is 2.16. The summed E-state index contributed by atoms with van der Waals surface area (Å²) in [5, 5.41) is 11.4. The fourth-order valence-corrected chi connectivity index (χ4v) is 1.83. The zero-order valence-corrected chi connectivity index (χ0v) is 8.34. The van der Waals surface area contributed by atoms with E-state index in [1.54, 1.807) is 11.3 Å². The van der Waals surface area contributed by atoms with E-state index >= 15 is 0 Å². The first-order valence-corrected chi connectivity index (χ1v) is 5.23. The quantitative estimate of drug-likeness (QED) is 0.779. The SMILES string of the molecule is CCC(Cc1cscn1)C(C)O. The van der Waals surface area contributed by atoms with Gasteiger partial charge in [0.2, 0.25) is 0 Å². The molecule has 0 bridgehead atoms. The molecule has 0 aromatic carbocycles. The number of hydrogen-bond acceptors (Lipinski definition) is 3. The van der Waals surface area contributed by atoms with Gasteiger partial charge in [-0.25, -0.2) is 4.98 Å². The lowest BCUT2D eigenvalue weighted by molar-refractivity contribution is 0.122. The van der Waals surface area contributed by atoms with Gasteiger partial charge < -0.3 is 5.11 Å². The van der Waals surface area contributed by atoms with Crippen LogP contribution >= 0.6 is 11.3 Å². The van der Waals surface area contributed by atoms with Crippen LogP contribution in [0.1, 0.15) is 26.0 Å². The van der Waals surface area contributed by atoms with Crippen LogP contribution in [0.3, 0.4) is 0 Å². The van der Waals surface area contributed by atoms with Crippen LogP contribution in [0.2, 0.25) is 0 Å². The van der Waals surface area contributed by atoms with E-state index in [0.29, 0.717) is 5.92 Å². The van der Waals surface area contributed by atoms with Crippen LogP contribution in [0, 0.1) is 5.92 Å². The molecule has 1 rings (SSSR count). The highest BCUT2D eigenvalue weighted by Gasteiger charge is 2.13. The third-order valence-corrected chi connectivity index (χ3v) is 2.80. The number of thiazole rings is 1. The minimum Gasteiger partial charge on any atom is -0.393 e. The number of aliphatic hydroxyl groups excluding tert-OH is 1. The molecule has 2 nitrogen and oxygen atoms in total. The highest BCUT2D eigenvalue weighted by Crippen LogP contribution is 2.15. The summed E-state index contributed by atoms with van der Waals surface area (Å²) in [4.78, 5) is 4.19. The minimum atomic E-state index is -0.225. The molecule has 0 saturated carbocycles. The van der Waals surface area contributed by atoms with Crippen LogP contribution in [-0.4, -0.2) is 16.2 Å². The van der Waals surface area contributed by atoms with Gasteiger partial charge in [-0.1, -0.05) is 13.3 Å². The van der Waals surface area contributed by atoms with E-state index in [2.05, 4.69) is 11.9 Å². The average Bonchev–Trinajstić information content (AvgIpc) is 2.51. The van der Waals surface area contributed by atoms with Crippen molar-refractivity contribution in [3.05, 3.63) is 16.6 Å². The summed E-state index contributed by atoms with van der Waals surface area (Å²) in [7, 11) is 0. The summed E-state index contributed by atoms with van der Waals surface area (Å²) < 4.78 is 0. The van der Waals surface area contributed by atoms with Gasteiger partial charge in [-0.15, -0.1) is 11.3 Å². The Morgan fingerprint density at radius 3 is 2.83 bits per heavy atom. The smallest absolute Gasteiger partial charge is 0.0794 e. The van der Waals surface area contributed by atoms with Crippen molar-refractivity contribution in [2.45, 2.75) is 32.8 Å². The molecule has 12 heavy (non-hydrogen) atoms. The predicted molar refractivity (Wildman–Crippen MR) is 51.3 cm³/mol. The highest BCUT2D eigenvalue weighted by atomic mass is 32.1. The Balaban J connectivity index is 2.48. The molecule has 0 aliphatic rings. The monoisotopic (exact) mass is 185 g/mol. The molecule has 2 atom stereocenters. The molecule has 0 saturated heterocycles. The van der Waals surface area contributed by atoms with Crippen molar-refractivity contribution in [2.24, 2.45) is 5.92 Å². The van der Waals surface area contributed by atoms with Crippen LogP contribution < -0.4 is 0 Å². The lowest BCUT2D eigenvalue weighted by Crippen LogP contribution is -2.18. The van der Waals surface area contributed by atoms with Crippen LogP contribution in [0.25, 0.3) is 0 Å². The van der Waals surface area contributed by atoms with Gasteiger partial charge in [0.05, 0.1) is 17.3 Å². The third kappa shape index (κ3) is 2.57. The van der Waals surface area contributed by atoms with Gasteiger partial charge in [-0.3, -0.25) is 0 Å². The molecule has 1 N–H and O–H groups in total. The van der Waals surface area contributed by atoms with Crippen molar-refractivity contribution in [1.82, 2.24) is 4.98 Å². The molecule has 0 spiro atoms. The van der Waals surface area contributed by atoms with E-state index in [9.17, 15) is 5.11 Å². The van der Waals surface area contributed by atoms with Gasteiger partial charge in [0, 0.05) is 5.38 Å². The van der Waals surface area contributed by atoms with Crippen molar-refractivity contribution < 1.29 is 5.11 Å². The van der Waals surface area contributed by atoms with E-state index in [4.69, 9.17) is 0 Å². The lowest BCUT2D eigenvalue weighted by Gasteiger charge is -2.16. The summed E-state index contributed by atoms with van der Waals surface area (Å²) in [6.07, 6.45) is 1.68. The highest BCUT2D eigenvalue weighted by molar-refractivity contribution is 7.07. The molecule has 0 radical (unpaired) electrons. The molecule has 1 aromatic rings. The molecular formula is C9H15NOS. The normalized spacial score (nSPS) is 15.9. The Kier molecular flexibility index (Phi) is 3.69. The van der Waals surface area contributed by atoms with Gasteiger partial charge in [0.1, 0.15) is 0 Å². The zero-order valence-electron chi connectivity index (χ0n) is 7.53. The van der Waals surface area contributed by atoms with Crippen molar-refractivity contribution in [3.63, 3.8) is 0 Å². The second-order valence-electron chi connectivity index (χ2n) is 3.09. The van der Waals surface area contributed by atoms with Crippen molar-refractivity contribution in [2.75, 3.05) is 0 Å². The second kappa shape index (κ2) is 4.58. The molecule has 1 aromatic heterocycles. The first-order chi connectivity index (χ1) is 5.74. The van der Waals surface area contributed by atoms with Gasteiger partial charge in [0.15, 0.2) is 0 Å². The number of aromatic nitrogens is 1. The Bertz CT molecular complexity index is 208. The molecule has 3 heteroatoms. The Morgan fingerprint density at radius 2 is 2.42 bits per heavy atom. The molecule has 0 aliphatic carbocycles. The molecule has 68 valence electrons. The van der Waals surface area contributed by atoms with Crippen LogP contribution in [-0.2, 0) is 6.42 Å². The number of aliphatic hydroxyl groups is 1. The fourth-order valence-electron chi connectivity index (χ4n) is 1.26. The number of nitrogens with zero attached hydrogens (tertiary/aromatic N) is 1. The number of hydrogen-bond donors (Lipinski definition) is 1. The van der Waals surface area contributed by atoms with Crippen molar-refractivity contribution >= 4 is 11.3 Å². The van der Waals surface area contributed by atoms with E-state index < -0.39 is 0 Å². The molecule has 0 fully saturated rings. The van der Waals surface area contributed by atoms with Gasteiger partial charge in [0.25, 0.3) is 0 Å². The van der Waals surface area contributed by atoms with Gasteiger partial charge in [-0.05, 0) is 19.3 Å². The molecule has 1 heterocycles. The van der Waals surface area contributed by atoms with Crippen LogP contribution in [0.4, 0.5) is 0 Å². The summed E-state index contributed by atoms with van der Waals surface area (Å²) in [5.41, 5.74) is 2.94. The molecule has 2 unspecified atom stereocenters. The van der Waals surface area contributed by atoms with Crippen molar-refractivity contribution in [1.29, 1.82) is 0 Å². The summed E-state index contributed by atoms with van der Waals surface area (Å²) >= 11 is 1.61. The maximum absolute atomic E-state index is 9.39. The lowest BCUT2D eigenvalue weighted by atomic mass is 9.96. The van der Waals surface area contributed by atoms with E-state index in [-0.39, 0.29) is 6.10 Å². The van der Waals surface area contributed by atoms with E-state index in [0.717, 1.165) is 18.5 Å². The summed E-state index contributed by atoms with van der Waals surface area (Å²) in [6.45, 7) is 3.95. The van der Waals surface area contributed by atoms with Crippen molar-refractivity contribution in [3.8, 4) is 0 Å². The minimum absolute atomic E-state index is 0.225. The molecule has 0 amide bonds. The first kappa shape index (κ1) is 9.68. The fraction of sp³-hybridized carbons (Fsp3) is 0.667. The zero-order chi connectivity index (χ0) is 8.97. The predicted octanol–water partition coefficient (Wildman–Crippen LogP) is 2.09. The topological polar surface area (TPSA) is 33.1 Å². The van der Waals surface area contributed by atoms with E-state index in [1.165, 1.54) is 0 Å². The Hall–Kier alpha value is -0.410. The summed E-state index contributed by atoms with van der Waals surface area (Å²) in [5.74, 6) is 0.354. The van der Waals surface area contributed by atoms with E-state index in [1.807, 2.05) is 17.8 Å². The maximum atomic E-state index is 9.39.